The van der Waals surface area contributed by atoms with Crippen LogP contribution >= 0.6 is 0 Å². The van der Waals surface area contributed by atoms with Gasteiger partial charge in [-0.2, -0.15) is 0 Å². The number of rotatable bonds is 2. The predicted molar refractivity (Wildman–Crippen MR) is 51.4 cm³/mol. The van der Waals surface area contributed by atoms with Gasteiger partial charge in [0.25, 0.3) is 0 Å². The maximum absolute atomic E-state index is 11.0. The second-order valence-corrected chi connectivity index (χ2v) is 4.58. The van der Waals surface area contributed by atoms with Crippen LogP contribution in [0.4, 0.5) is 0 Å². The van der Waals surface area contributed by atoms with Crippen molar-refractivity contribution >= 4 is 11.9 Å². The molecule has 0 spiro atoms. The van der Waals surface area contributed by atoms with Crippen molar-refractivity contribution in [3.8, 4) is 0 Å². The van der Waals surface area contributed by atoms with Crippen LogP contribution in [0.3, 0.4) is 0 Å². The van der Waals surface area contributed by atoms with Gasteiger partial charge in [0.1, 0.15) is 0 Å². The van der Waals surface area contributed by atoms with Crippen molar-refractivity contribution in [3.05, 3.63) is 11.8 Å². The lowest BCUT2D eigenvalue weighted by atomic mass is 9.66. The van der Waals surface area contributed by atoms with Crippen molar-refractivity contribution in [3.63, 3.8) is 0 Å². The average Bonchev–Trinajstić information content (AvgIpc) is 2.00. The van der Waals surface area contributed by atoms with E-state index in [0.29, 0.717) is 0 Å². The van der Waals surface area contributed by atoms with E-state index >= 15 is 0 Å². The number of carbonyl (C=O) groups is 2. The van der Waals surface area contributed by atoms with E-state index in [4.69, 9.17) is 10.2 Å². The van der Waals surface area contributed by atoms with Crippen LogP contribution in [0.2, 0.25) is 0 Å². The smallest absolute Gasteiger partial charge is 0.313 e. The van der Waals surface area contributed by atoms with Gasteiger partial charge in [0, 0.05) is 6.42 Å². The molecule has 0 aromatic heterocycles. The van der Waals surface area contributed by atoms with Crippen LogP contribution in [0.25, 0.3) is 0 Å². The molecule has 1 rings (SSSR count). The highest BCUT2D eigenvalue weighted by Crippen LogP contribution is 2.44. The highest BCUT2D eigenvalue weighted by Gasteiger charge is 2.48. The molecule has 84 valence electrons. The lowest BCUT2D eigenvalue weighted by Crippen LogP contribution is -2.41. The molecule has 0 amide bonds. The number of aliphatic hydroxyl groups excluding tert-OH is 1. The van der Waals surface area contributed by atoms with Crippen LogP contribution in [0.15, 0.2) is 11.8 Å². The Bertz CT molecular complexity index is 346. The van der Waals surface area contributed by atoms with E-state index in [1.807, 2.05) is 0 Å². The Balaban J connectivity index is 3.14. The van der Waals surface area contributed by atoms with Gasteiger partial charge in [0.15, 0.2) is 0 Å². The van der Waals surface area contributed by atoms with Crippen LogP contribution in [0.1, 0.15) is 26.7 Å². The van der Waals surface area contributed by atoms with E-state index in [1.165, 1.54) is 19.9 Å². The molecular formula is C10H14O5. The zero-order chi connectivity index (χ0) is 11.9. The summed E-state index contributed by atoms with van der Waals surface area (Å²) in [5.41, 5.74) is -2.53. The fourth-order valence-corrected chi connectivity index (χ4v) is 2.03. The molecule has 0 aromatic carbocycles. The Kier molecular flexibility index (Phi) is 2.51. The first-order chi connectivity index (χ1) is 6.69. The molecule has 0 aromatic rings. The largest absolute Gasteiger partial charge is 0.513 e. The standard InChI is InChI=1S/C10H14O5/c1-9(7(12)13)3-6(11)4-10(2,5-9)8(14)15/h3,11H,4-5H2,1-2H3,(H,12,13)(H,14,15). The van der Waals surface area contributed by atoms with Crippen molar-refractivity contribution < 1.29 is 24.9 Å². The van der Waals surface area contributed by atoms with Gasteiger partial charge in [0.05, 0.1) is 16.6 Å². The first-order valence-corrected chi connectivity index (χ1v) is 4.57. The summed E-state index contributed by atoms with van der Waals surface area (Å²) in [6, 6.07) is 0. The quantitative estimate of drug-likeness (QED) is 0.645. The number of aliphatic carboxylic acids is 2. The molecular weight excluding hydrogens is 200 g/mol. The molecule has 0 saturated heterocycles. The van der Waals surface area contributed by atoms with Crippen molar-refractivity contribution in [1.29, 1.82) is 0 Å². The van der Waals surface area contributed by atoms with Gasteiger partial charge >= 0.3 is 11.9 Å². The SMILES string of the molecule is CC1(C(=O)O)C=C(O)CC(C)(C(=O)O)C1. The first-order valence-electron chi connectivity index (χ1n) is 4.57. The Labute approximate surface area is 87.0 Å². The topological polar surface area (TPSA) is 94.8 Å². The molecule has 5 nitrogen and oxygen atoms in total. The zero-order valence-electron chi connectivity index (χ0n) is 8.65. The summed E-state index contributed by atoms with van der Waals surface area (Å²) in [5, 5.41) is 27.4. The van der Waals surface area contributed by atoms with Gasteiger partial charge in [-0.05, 0) is 26.3 Å². The maximum atomic E-state index is 11.0. The molecule has 15 heavy (non-hydrogen) atoms. The van der Waals surface area contributed by atoms with Gasteiger partial charge in [-0.1, -0.05) is 0 Å². The number of hydrogen-bond donors (Lipinski definition) is 3. The van der Waals surface area contributed by atoms with E-state index in [1.54, 1.807) is 0 Å². The number of hydrogen-bond acceptors (Lipinski definition) is 3. The predicted octanol–water partition coefficient (Wildman–Crippen LogP) is 1.40. The third-order valence-corrected chi connectivity index (χ3v) is 2.82. The lowest BCUT2D eigenvalue weighted by Gasteiger charge is -2.36. The maximum Gasteiger partial charge on any atom is 0.313 e. The molecule has 0 saturated carbocycles. The highest BCUT2D eigenvalue weighted by atomic mass is 16.4. The van der Waals surface area contributed by atoms with E-state index in [0.717, 1.165) is 0 Å². The number of carboxylic acid groups (broad SMARTS) is 2. The summed E-state index contributed by atoms with van der Waals surface area (Å²) in [6.45, 7) is 2.85. The average molecular weight is 214 g/mol. The fourth-order valence-electron chi connectivity index (χ4n) is 2.03. The molecule has 1 aliphatic carbocycles. The Morgan fingerprint density at radius 3 is 2.20 bits per heavy atom. The summed E-state index contributed by atoms with van der Waals surface area (Å²) >= 11 is 0. The number of aliphatic hydroxyl groups is 1. The molecule has 1 aliphatic rings. The van der Waals surface area contributed by atoms with Gasteiger partial charge in [-0.15, -0.1) is 0 Å². The zero-order valence-corrected chi connectivity index (χ0v) is 8.65. The summed E-state index contributed by atoms with van der Waals surface area (Å²) in [7, 11) is 0. The van der Waals surface area contributed by atoms with Crippen LogP contribution in [-0.4, -0.2) is 27.3 Å². The van der Waals surface area contributed by atoms with E-state index in [9.17, 15) is 14.7 Å². The van der Waals surface area contributed by atoms with Crippen LogP contribution in [-0.2, 0) is 9.59 Å². The molecule has 2 unspecified atom stereocenters. The van der Waals surface area contributed by atoms with Gasteiger partial charge in [0.2, 0.25) is 0 Å². The summed E-state index contributed by atoms with van der Waals surface area (Å²) < 4.78 is 0. The molecule has 3 N–H and O–H groups in total. The molecule has 0 bridgehead atoms. The monoisotopic (exact) mass is 214 g/mol. The molecule has 0 fully saturated rings. The molecule has 5 heteroatoms. The van der Waals surface area contributed by atoms with E-state index in [2.05, 4.69) is 0 Å². The normalized spacial score (nSPS) is 35.7. The Morgan fingerprint density at radius 1 is 1.27 bits per heavy atom. The Morgan fingerprint density at radius 2 is 1.80 bits per heavy atom. The molecule has 0 heterocycles. The van der Waals surface area contributed by atoms with Crippen molar-refractivity contribution in [1.82, 2.24) is 0 Å². The minimum atomic E-state index is -1.31. The summed E-state index contributed by atoms with van der Waals surface area (Å²) in [6.07, 6.45) is 1.18. The minimum absolute atomic E-state index is 0.0191. The van der Waals surface area contributed by atoms with Crippen molar-refractivity contribution in [2.45, 2.75) is 26.7 Å². The van der Waals surface area contributed by atoms with Gasteiger partial charge in [-0.25, -0.2) is 0 Å². The summed E-state index contributed by atoms with van der Waals surface area (Å²) in [5.74, 6) is -2.38. The van der Waals surface area contributed by atoms with Crippen molar-refractivity contribution in [2.24, 2.45) is 10.8 Å². The minimum Gasteiger partial charge on any atom is -0.513 e. The van der Waals surface area contributed by atoms with Crippen LogP contribution in [0, 0.1) is 10.8 Å². The van der Waals surface area contributed by atoms with Crippen LogP contribution < -0.4 is 0 Å². The second-order valence-electron chi connectivity index (χ2n) is 4.58. The van der Waals surface area contributed by atoms with Gasteiger partial charge < -0.3 is 15.3 Å². The van der Waals surface area contributed by atoms with E-state index < -0.39 is 22.8 Å². The third kappa shape index (κ3) is 1.95. The first kappa shape index (κ1) is 11.6. The van der Waals surface area contributed by atoms with Gasteiger partial charge in [-0.3, -0.25) is 9.59 Å². The van der Waals surface area contributed by atoms with Crippen molar-refractivity contribution in [2.75, 3.05) is 0 Å². The highest BCUT2D eigenvalue weighted by molar-refractivity contribution is 5.81. The lowest BCUT2D eigenvalue weighted by molar-refractivity contribution is -0.155. The van der Waals surface area contributed by atoms with E-state index in [-0.39, 0.29) is 18.6 Å². The number of carboxylic acids is 2. The number of allylic oxidation sites excluding steroid dienone is 1. The molecule has 0 radical (unpaired) electrons. The fraction of sp³-hybridized carbons (Fsp3) is 0.600. The summed E-state index contributed by atoms with van der Waals surface area (Å²) in [4.78, 5) is 22.0. The van der Waals surface area contributed by atoms with Crippen LogP contribution in [0.5, 0.6) is 0 Å². The molecule has 2 atom stereocenters. The third-order valence-electron chi connectivity index (χ3n) is 2.82. The Hall–Kier alpha value is -1.52. The second kappa shape index (κ2) is 3.25. The molecule has 0 aliphatic heterocycles.